The van der Waals surface area contributed by atoms with Crippen molar-refractivity contribution < 1.29 is 14.3 Å². The van der Waals surface area contributed by atoms with Gasteiger partial charge in [0.1, 0.15) is 0 Å². The van der Waals surface area contributed by atoms with E-state index in [9.17, 15) is 4.79 Å². The van der Waals surface area contributed by atoms with Gasteiger partial charge in [0.05, 0.1) is 19.1 Å². The molecule has 0 heterocycles. The largest absolute Gasteiger partial charge is 0.383 e. The second kappa shape index (κ2) is 9.85. The summed E-state index contributed by atoms with van der Waals surface area (Å²) in [5.74, 6) is -0.248. The minimum Gasteiger partial charge on any atom is -0.383 e. The van der Waals surface area contributed by atoms with Crippen molar-refractivity contribution in [1.82, 2.24) is 4.90 Å². The second-order valence-corrected chi connectivity index (χ2v) is 5.57. The fourth-order valence-corrected chi connectivity index (χ4v) is 2.69. The van der Waals surface area contributed by atoms with E-state index in [1.54, 1.807) is 14.2 Å². The van der Waals surface area contributed by atoms with E-state index in [1.165, 1.54) is 0 Å². The topological polar surface area (TPSA) is 38.8 Å². The molecule has 0 aliphatic carbocycles. The number of nitrogens with zero attached hydrogens (tertiary/aromatic N) is 1. The van der Waals surface area contributed by atoms with Gasteiger partial charge in [-0.3, -0.25) is 4.79 Å². The molecule has 0 saturated heterocycles. The van der Waals surface area contributed by atoms with Crippen LogP contribution in [-0.4, -0.2) is 51.3 Å². The summed E-state index contributed by atoms with van der Waals surface area (Å²) in [5, 5.41) is 0. The summed E-state index contributed by atoms with van der Waals surface area (Å²) >= 11 is 0. The lowest BCUT2D eigenvalue weighted by Crippen LogP contribution is -2.40. The van der Waals surface area contributed by atoms with Crippen LogP contribution in [0.15, 0.2) is 60.7 Å². The van der Waals surface area contributed by atoms with Crippen molar-refractivity contribution in [3.8, 4) is 0 Å². The van der Waals surface area contributed by atoms with Gasteiger partial charge >= 0.3 is 0 Å². The van der Waals surface area contributed by atoms with Crippen LogP contribution in [0, 0.1) is 0 Å². The number of methoxy groups -OCH3 is 2. The molecule has 4 nitrogen and oxygen atoms in total. The number of rotatable bonds is 9. The highest BCUT2D eigenvalue weighted by Gasteiger charge is 2.27. The van der Waals surface area contributed by atoms with Crippen molar-refractivity contribution in [1.29, 1.82) is 0 Å². The average molecular weight is 327 g/mol. The van der Waals surface area contributed by atoms with Crippen molar-refractivity contribution in [3.63, 3.8) is 0 Å². The Labute approximate surface area is 144 Å². The number of benzene rings is 2. The number of ether oxygens (including phenoxy) is 2. The fourth-order valence-electron chi connectivity index (χ4n) is 2.69. The lowest BCUT2D eigenvalue weighted by atomic mass is 9.90. The third kappa shape index (κ3) is 4.91. The summed E-state index contributed by atoms with van der Waals surface area (Å²) in [6, 6.07) is 19.8. The lowest BCUT2D eigenvalue weighted by molar-refractivity contribution is -0.133. The monoisotopic (exact) mass is 327 g/mol. The Morgan fingerprint density at radius 3 is 1.62 bits per heavy atom. The molecule has 0 atom stereocenters. The highest BCUT2D eigenvalue weighted by molar-refractivity contribution is 5.87. The first-order valence-corrected chi connectivity index (χ1v) is 8.14. The first-order valence-electron chi connectivity index (χ1n) is 8.14. The normalized spacial score (nSPS) is 10.8. The van der Waals surface area contributed by atoms with Crippen LogP contribution in [0.1, 0.15) is 17.0 Å². The molecule has 0 aliphatic heterocycles. The van der Waals surface area contributed by atoms with E-state index >= 15 is 0 Å². The third-order valence-corrected chi connectivity index (χ3v) is 3.96. The van der Waals surface area contributed by atoms with Crippen LogP contribution < -0.4 is 0 Å². The van der Waals surface area contributed by atoms with Crippen LogP contribution >= 0.6 is 0 Å². The van der Waals surface area contributed by atoms with Gasteiger partial charge < -0.3 is 14.4 Å². The molecule has 1 amide bonds. The number of hydrogen-bond acceptors (Lipinski definition) is 3. The van der Waals surface area contributed by atoms with Crippen molar-refractivity contribution in [2.45, 2.75) is 5.92 Å². The average Bonchev–Trinajstić information content (AvgIpc) is 2.64. The summed E-state index contributed by atoms with van der Waals surface area (Å²) < 4.78 is 10.3. The van der Waals surface area contributed by atoms with E-state index in [-0.39, 0.29) is 11.8 Å². The van der Waals surface area contributed by atoms with Gasteiger partial charge in [-0.1, -0.05) is 60.7 Å². The van der Waals surface area contributed by atoms with Crippen molar-refractivity contribution in [2.24, 2.45) is 0 Å². The quantitative estimate of drug-likeness (QED) is 0.711. The van der Waals surface area contributed by atoms with Gasteiger partial charge in [0.2, 0.25) is 5.91 Å². The predicted octanol–water partition coefficient (Wildman–Crippen LogP) is 2.94. The molecule has 0 unspecified atom stereocenters. The maximum absolute atomic E-state index is 13.3. The van der Waals surface area contributed by atoms with Crippen molar-refractivity contribution in [2.75, 3.05) is 40.5 Å². The summed E-state index contributed by atoms with van der Waals surface area (Å²) in [4.78, 5) is 15.1. The van der Waals surface area contributed by atoms with Gasteiger partial charge in [-0.25, -0.2) is 0 Å². The van der Waals surface area contributed by atoms with Crippen LogP contribution in [0.25, 0.3) is 0 Å². The van der Waals surface area contributed by atoms with Gasteiger partial charge in [-0.05, 0) is 11.1 Å². The summed E-state index contributed by atoms with van der Waals surface area (Å²) in [7, 11) is 3.29. The molecule has 0 N–H and O–H groups in total. The zero-order valence-electron chi connectivity index (χ0n) is 14.4. The van der Waals surface area contributed by atoms with Gasteiger partial charge in [0.25, 0.3) is 0 Å². The molecule has 24 heavy (non-hydrogen) atoms. The van der Waals surface area contributed by atoms with E-state index in [4.69, 9.17) is 9.47 Å². The Morgan fingerprint density at radius 1 is 0.833 bits per heavy atom. The Bertz CT molecular complexity index is 553. The lowest BCUT2D eigenvalue weighted by Gasteiger charge is -2.27. The van der Waals surface area contributed by atoms with E-state index < -0.39 is 0 Å². The zero-order valence-corrected chi connectivity index (χ0v) is 14.4. The molecular weight excluding hydrogens is 302 g/mol. The molecular formula is C20H25NO3. The van der Waals surface area contributed by atoms with Crippen molar-refractivity contribution in [3.05, 3.63) is 71.8 Å². The maximum Gasteiger partial charge on any atom is 0.234 e. The summed E-state index contributed by atoms with van der Waals surface area (Å²) in [6.45, 7) is 2.11. The molecule has 2 aromatic carbocycles. The van der Waals surface area contributed by atoms with Gasteiger partial charge in [0, 0.05) is 27.3 Å². The molecule has 0 bridgehead atoms. The highest BCUT2D eigenvalue weighted by Crippen LogP contribution is 2.26. The molecule has 0 spiro atoms. The standard InChI is InChI=1S/C20H25NO3/c1-23-15-13-21(14-16-24-2)20(22)19(17-9-5-3-6-10-17)18-11-7-4-8-12-18/h3-12,19H,13-16H2,1-2H3. The molecule has 0 aromatic heterocycles. The predicted molar refractivity (Wildman–Crippen MR) is 95.1 cm³/mol. The molecule has 128 valence electrons. The van der Waals surface area contributed by atoms with E-state index in [1.807, 2.05) is 65.6 Å². The van der Waals surface area contributed by atoms with Crippen molar-refractivity contribution >= 4 is 5.91 Å². The van der Waals surface area contributed by atoms with Gasteiger partial charge in [-0.15, -0.1) is 0 Å². The maximum atomic E-state index is 13.3. The minimum absolute atomic E-state index is 0.0708. The SMILES string of the molecule is COCCN(CCOC)C(=O)C(c1ccccc1)c1ccccc1. The summed E-state index contributed by atoms with van der Waals surface area (Å²) in [6.07, 6.45) is 0. The van der Waals surface area contributed by atoms with E-state index in [0.29, 0.717) is 26.3 Å². The second-order valence-electron chi connectivity index (χ2n) is 5.57. The van der Waals surface area contributed by atoms with Crippen LogP contribution in [0.5, 0.6) is 0 Å². The van der Waals surface area contributed by atoms with Crippen LogP contribution in [0.3, 0.4) is 0 Å². The molecule has 2 rings (SSSR count). The Balaban J connectivity index is 2.32. The van der Waals surface area contributed by atoms with Crippen LogP contribution in [0.2, 0.25) is 0 Å². The molecule has 0 radical (unpaired) electrons. The van der Waals surface area contributed by atoms with Crippen LogP contribution in [0.4, 0.5) is 0 Å². The Morgan fingerprint density at radius 2 is 1.25 bits per heavy atom. The molecule has 2 aromatic rings. The first-order chi connectivity index (χ1) is 11.8. The zero-order chi connectivity index (χ0) is 17.2. The molecule has 4 heteroatoms. The first kappa shape index (κ1) is 18.2. The van der Waals surface area contributed by atoms with Crippen LogP contribution in [-0.2, 0) is 14.3 Å². The minimum atomic E-state index is -0.318. The third-order valence-electron chi connectivity index (χ3n) is 3.96. The van der Waals surface area contributed by atoms with Gasteiger partial charge in [-0.2, -0.15) is 0 Å². The summed E-state index contributed by atoms with van der Waals surface area (Å²) in [5.41, 5.74) is 1.99. The number of carbonyl (C=O) groups is 1. The van der Waals surface area contributed by atoms with Gasteiger partial charge in [0.15, 0.2) is 0 Å². The molecule has 0 fully saturated rings. The fraction of sp³-hybridized carbons (Fsp3) is 0.350. The number of carbonyl (C=O) groups excluding carboxylic acids is 1. The number of hydrogen-bond donors (Lipinski definition) is 0. The highest BCUT2D eigenvalue weighted by atomic mass is 16.5. The van der Waals surface area contributed by atoms with E-state index in [0.717, 1.165) is 11.1 Å². The molecule has 0 aliphatic rings. The Hall–Kier alpha value is -2.17. The molecule has 0 saturated carbocycles. The number of amides is 1. The smallest absolute Gasteiger partial charge is 0.234 e. The van der Waals surface area contributed by atoms with E-state index in [2.05, 4.69) is 0 Å². The Kier molecular flexibility index (Phi) is 7.46.